The van der Waals surface area contributed by atoms with Crippen molar-refractivity contribution < 1.29 is 34.0 Å². The van der Waals surface area contributed by atoms with Gasteiger partial charge in [0.1, 0.15) is 11.6 Å². The summed E-state index contributed by atoms with van der Waals surface area (Å²) >= 11 is 0. The fourth-order valence-electron chi connectivity index (χ4n) is 2.23. The summed E-state index contributed by atoms with van der Waals surface area (Å²) in [6.45, 7) is -0.0666. The highest BCUT2D eigenvalue weighted by Crippen LogP contribution is 2.15. The molecule has 0 spiro atoms. The van der Waals surface area contributed by atoms with Gasteiger partial charge < -0.3 is 0 Å². The number of rotatable bonds is 11. The highest BCUT2D eigenvalue weighted by atomic mass is 32.2. The van der Waals surface area contributed by atoms with E-state index in [1.807, 2.05) is 0 Å². The first kappa shape index (κ1) is 22.4. The Hall–Kier alpha value is -1.88. The molecule has 10 heteroatoms. The van der Waals surface area contributed by atoms with Gasteiger partial charge in [-0.05, 0) is 61.4 Å². The van der Waals surface area contributed by atoms with Gasteiger partial charge in [0.15, 0.2) is 0 Å². The first-order valence-electron chi connectivity index (χ1n) is 8.51. The Balaban J connectivity index is 1.63. The Morgan fingerprint density at radius 1 is 0.571 bits per heavy atom. The molecule has 0 fully saturated rings. The molecular formula is C18H20F2O6S2. The van der Waals surface area contributed by atoms with E-state index in [-0.39, 0.29) is 23.0 Å². The minimum atomic E-state index is -3.92. The van der Waals surface area contributed by atoms with Gasteiger partial charge in [-0.3, -0.25) is 8.37 Å². The monoisotopic (exact) mass is 434 g/mol. The van der Waals surface area contributed by atoms with E-state index in [9.17, 15) is 25.6 Å². The molecule has 0 aliphatic carbocycles. The zero-order valence-electron chi connectivity index (χ0n) is 14.9. The lowest BCUT2D eigenvalue weighted by molar-refractivity contribution is 0.290. The Morgan fingerprint density at radius 2 is 0.893 bits per heavy atom. The van der Waals surface area contributed by atoms with E-state index in [1.165, 1.54) is 0 Å². The molecule has 154 valence electrons. The van der Waals surface area contributed by atoms with Crippen LogP contribution in [0.3, 0.4) is 0 Å². The van der Waals surface area contributed by atoms with Gasteiger partial charge in [0, 0.05) is 0 Å². The Kier molecular flexibility index (Phi) is 8.05. The van der Waals surface area contributed by atoms with Gasteiger partial charge in [-0.25, -0.2) is 8.78 Å². The molecule has 2 aromatic carbocycles. The number of hydrogen-bond donors (Lipinski definition) is 0. The minimum Gasteiger partial charge on any atom is -0.266 e. The third-order valence-electron chi connectivity index (χ3n) is 3.72. The van der Waals surface area contributed by atoms with E-state index < -0.39 is 31.9 Å². The fourth-order valence-corrected chi connectivity index (χ4v) is 4.12. The minimum absolute atomic E-state index is 0.0333. The first-order chi connectivity index (χ1) is 13.2. The van der Waals surface area contributed by atoms with Gasteiger partial charge in [-0.1, -0.05) is 12.8 Å². The second kappa shape index (κ2) is 10.1. The van der Waals surface area contributed by atoms with E-state index in [0.29, 0.717) is 25.7 Å². The number of halogens is 2. The molecule has 0 radical (unpaired) electrons. The van der Waals surface area contributed by atoms with Gasteiger partial charge in [-0.2, -0.15) is 16.8 Å². The molecule has 0 saturated heterocycles. The summed E-state index contributed by atoms with van der Waals surface area (Å²) in [5.74, 6) is -1.08. The predicted octanol–water partition coefficient (Wildman–Crippen LogP) is 3.64. The normalized spacial score (nSPS) is 12.2. The lowest BCUT2D eigenvalue weighted by atomic mass is 10.2. The van der Waals surface area contributed by atoms with Gasteiger partial charge >= 0.3 is 0 Å². The molecule has 0 aliphatic heterocycles. The molecule has 0 amide bonds. The Labute approximate surface area is 163 Å². The largest absolute Gasteiger partial charge is 0.296 e. The summed E-state index contributed by atoms with van der Waals surface area (Å²) in [6, 6.07) is 8.67. The van der Waals surface area contributed by atoms with Crippen LogP contribution in [0.2, 0.25) is 0 Å². The van der Waals surface area contributed by atoms with E-state index >= 15 is 0 Å². The summed E-state index contributed by atoms with van der Waals surface area (Å²) in [5, 5.41) is 0. The van der Waals surface area contributed by atoms with Crippen molar-refractivity contribution >= 4 is 20.2 Å². The van der Waals surface area contributed by atoms with Crippen LogP contribution in [0, 0.1) is 11.6 Å². The summed E-state index contributed by atoms with van der Waals surface area (Å²) < 4.78 is 82.9. The van der Waals surface area contributed by atoms with Crippen molar-refractivity contribution in [2.75, 3.05) is 13.2 Å². The van der Waals surface area contributed by atoms with Crippen LogP contribution in [0.5, 0.6) is 0 Å². The quantitative estimate of drug-likeness (QED) is 0.396. The molecular weight excluding hydrogens is 414 g/mol. The second-order valence-electron chi connectivity index (χ2n) is 5.87. The van der Waals surface area contributed by atoms with E-state index in [0.717, 1.165) is 48.5 Å². The van der Waals surface area contributed by atoms with E-state index in [4.69, 9.17) is 8.37 Å². The Bertz CT molecular complexity index is 875. The summed E-state index contributed by atoms with van der Waals surface area (Å²) in [7, 11) is -7.85. The van der Waals surface area contributed by atoms with Gasteiger partial charge in [0.05, 0.1) is 23.0 Å². The van der Waals surface area contributed by atoms with Crippen LogP contribution in [0.25, 0.3) is 0 Å². The predicted molar refractivity (Wildman–Crippen MR) is 97.5 cm³/mol. The number of unbranched alkanes of at least 4 members (excludes halogenated alkanes) is 3. The Morgan fingerprint density at radius 3 is 1.21 bits per heavy atom. The molecule has 0 atom stereocenters. The molecule has 0 saturated carbocycles. The maximum absolute atomic E-state index is 12.8. The van der Waals surface area contributed by atoms with Gasteiger partial charge in [0.2, 0.25) is 0 Å². The summed E-state index contributed by atoms with van der Waals surface area (Å²) in [5.41, 5.74) is 0. The van der Waals surface area contributed by atoms with Gasteiger partial charge in [0.25, 0.3) is 20.2 Å². The highest BCUT2D eigenvalue weighted by Gasteiger charge is 2.16. The smallest absolute Gasteiger partial charge is 0.266 e. The van der Waals surface area contributed by atoms with Crippen LogP contribution >= 0.6 is 0 Å². The topological polar surface area (TPSA) is 86.7 Å². The molecule has 2 aromatic rings. The molecule has 0 N–H and O–H groups in total. The lowest BCUT2D eigenvalue weighted by Gasteiger charge is -2.07. The fraction of sp³-hybridized carbons (Fsp3) is 0.333. The standard InChI is InChI=1S/C18H20F2O6S2/c19-15-5-9-17(10-6-15)27(21,22)25-13-3-1-2-4-14-26-28(23,24)18-11-7-16(20)8-12-18/h5-12H,1-4,13-14H2. The highest BCUT2D eigenvalue weighted by molar-refractivity contribution is 7.87. The molecule has 28 heavy (non-hydrogen) atoms. The van der Waals surface area contributed by atoms with Gasteiger partial charge in [-0.15, -0.1) is 0 Å². The van der Waals surface area contributed by atoms with Crippen molar-refractivity contribution in [2.24, 2.45) is 0 Å². The maximum Gasteiger partial charge on any atom is 0.296 e. The van der Waals surface area contributed by atoms with Crippen molar-refractivity contribution in [3.8, 4) is 0 Å². The second-order valence-corrected chi connectivity index (χ2v) is 9.10. The summed E-state index contributed by atoms with van der Waals surface area (Å²) in [6.07, 6.45) is 2.12. The van der Waals surface area contributed by atoms with Crippen molar-refractivity contribution in [3.05, 3.63) is 60.2 Å². The zero-order chi connectivity index (χ0) is 20.6. The molecule has 0 aliphatic rings. The van der Waals surface area contributed by atoms with Crippen molar-refractivity contribution in [1.29, 1.82) is 0 Å². The van der Waals surface area contributed by atoms with E-state index in [2.05, 4.69) is 0 Å². The molecule has 2 rings (SSSR count). The van der Waals surface area contributed by atoms with Crippen LogP contribution in [0.15, 0.2) is 58.3 Å². The third-order valence-corrected chi connectivity index (χ3v) is 6.37. The molecule has 6 nitrogen and oxygen atoms in total. The average Bonchev–Trinajstić information content (AvgIpc) is 2.64. The summed E-state index contributed by atoms with van der Waals surface area (Å²) in [4.78, 5) is -0.235. The van der Waals surface area contributed by atoms with Crippen molar-refractivity contribution in [1.82, 2.24) is 0 Å². The van der Waals surface area contributed by atoms with Crippen LogP contribution in [0.4, 0.5) is 8.78 Å². The van der Waals surface area contributed by atoms with Crippen LogP contribution in [-0.4, -0.2) is 30.0 Å². The molecule has 0 unspecified atom stereocenters. The maximum atomic E-state index is 12.8. The molecule has 0 heterocycles. The van der Waals surface area contributed by atoms with Crippen LogP contribution < -0.4 is 0 Å². The molecule has 0 aromatic heterocycles. The van der Waals surface area contributed by atoms with Crippen LogP contribution in [0.1, 0.15) is 25.7 Å². The lowest BCUT2D eigenvalue weighted by Crippen LogP contribution is -2.08. The SMILES string of the molecule is O=S(=O)(OCCCCCCOS(=O)(=O)c1ccc(F)cc1)c1ccc(F)cc1. The third kappa shape index (κ3) is 6.93. The average molecular weight is 434 g/mol. The van der Waals surface area contributed by atoms with Crippen LogP contribution in [-0.2, 0) is 28.6 Å². The van der Waals surface area contributed by atoms with Crippen molar-refractivity contribution in [3.63, 3.8) is 0 Å². The first-order valence-corrected chi connectivity index (χ1v) is 11.3. The zero-order valence-corrected chi connectivity index (χ0v) is 16.5. The number of benzene rings is 2. The molecule has 0 bridgehead atoms. The van der Waals surface area contributed by atoms with Crippen molar-refractivity contribution in [2.45, 2.75) is 35.5 Å². The number of hydrogen-bond acceptors (Lipinski definition) is 6. The van der Waals surface area contributed by atoms with E-state index in [1.54, 1.807) is 0 Å².